The Balaban J connectivity index is 1.63. The van der Waals surface area contributed by atoms with Crippen molar-refractivity contribution in [2.45, 2.75) is 44.3 Å². The first-order valence-corrected chi connectivity index (χ1v) is 9.47. The van der Waals surface area contributed by atoms with Crippen LogP contribution in [0, 0.1) is 6.92 Å². The smallest absolute Gasteiger partial charge is 0.191 e. The Morgan fingerprint density at radius 1 is 1.48 bits per heavy atom. The van der Waals surface area contributed by atoms with Crippen LogP contribution in [0.1, 0.15) is 36.9 Å². The minimum absolute atomic E-state index is 0.371. The van der Waals surface area contributed by atoms with Crippen LogP contribution in [0.5, 0.6) is 0 Å². The van der Waals surface area contributed by atoms with E-state index < -0.39 is 0 Å². The molecule has 1 unspecified atom stereocenters. The lowest BCUT2D eigenvalue weighted by molar-refractivity contribution is 0.583. The van der Waals surface area contributed by atoms with Crippen molar-refractivity contribution in [2.24, 2.45) is 4.99 Å². The lowest BCUT2D eigenvalue weighted by Gasteiger charge is -2.24. The van der Waals surface area contributed by atoms with Gasteiger partial charge in [-0.2, -0.15) is 11.8 Å². The van der Waals surface area contributed by atoms with E-state index in [0.717, 1.165) is 37.6 Å². The molecule has 0 aromatic carbocycles. The Labute approximate surface area is 136 Å². The third-order valence-electron chi connectivity index (χ3n) is 3.68. The van der Waals surface area contributed by atoms with Crippen molar-refractivity contribution in [1.29, 1.82) is 0 Å². The van der Waals surface area contributed by atoms with E-state index in [4.69, 9.17) is 0 Å². The van der Waals surface area contributed by atoms with Crippen molar-refractivity contribution >= 4 is 29.1 Å². The number of thioether (sulfide) groups is 1. The highest BCUT2D eigenvalue weighted by molar-refractivity contribution is 8.00. The average Bonchev–Trinajstić information content (AvgIpc) is 3.07. The summed E-state index contributed by atoms with van der Waals surface area (Å²) in [7, 11) is 1.84. The number of nitrogens with one attached hydrogen (secondary N) is 2. The molecule has 0 amide bonds. The average molecular weight is 327 g/mol. The molecule has 1 aromatic rings. The first-order valence-electron chi connectivity index (χ1n) is 7.61. The molecule has 2 heterocycles. The molecule has 0 saturated carbocycles. The number of guanidine groups is 1. The molecule has 1 aliphatic rings. The van der Waals surface area contributed by atoms with Crippen molar-refractivity contribution in [3.05, 3.63) is 16.1 Å². The third-order valence-corrected chi connectivity index (χ3v) is 6.24. The molecule has 4 nitrogen and oxygen atoms in total. The largest absolute Gasteiger partial charge is 0.356 e. The predicted molar refractivity (Wildman–Crippen MR) is 94.6 cm³/mol. The Bertz CT molecular complexity index is 464. The number of rotatable bonds is 6. The van der Waals surface area contributed by atoms with Gasteiger partial charge in [-0.25, -0.2) is 4.98 Å². The molecule has 1 atom stereocenters. The van der Waals surface area contributed by atoms with Crippen LogP contribution >= 0.6 is 23.1 Å². The van der Waals surface area contributed by atoms with Crippen molar-refractivity contribution < 1.29 is 0 Å². The molecule has 2 N–H and O–H groups in total. The van der Waals surface area contributed by atoms with Crippen LogP contribution in [-0.4, -0.2) is 41.6 Å². The van der Waals surface area contributed by atoms with Crippen LogP contribution in [0.4, 0.5) is 0 Å². The second-order valence-corrected chi connectivity index (χ2v) is 8.37. The zero-order valence-corrected chi connectivity index (χ0v) is 14.9. The maximum absolute atomic E-state index is 4.49. The second-order valence-electron chi connectivity index (χ2n) is 5.74. The minimum atomic E-state index is 0.371. The summed E-state index contributed by atoms with van der Waals surface area (Å²) in [4.78, 5) is 8.79. The predicted octanol–water partition coefficient (Wildman–Crippen LogP) is 2.83. The Kier molecular flexibility index (Phi) is 6.36. The van der Waals surface area contributed by atoms with Gasteiger partial charge >= 0.3 is 0 Å². The molecule has 0 radical (unpaired) electrons. The Hall–Kier alpha value is -0.750. The van der Waals surface area contributed by atoms with Crippen LogP contribution in [0.3, 0.4) is 0 Å². The SMILES string of the molecule is CN=C(NCCCc1nc(C)cs1)NCC1(C)CCCS1. The summed E-state index contributed by atoms with van der Waals surface area (Å²) < 4.78 is 0.371. The van der Waals surface area contributed by atoms with Gasteiger partial charge in [-0.15, -0.1) is 11.3 Å². The molecular formula is C15H26N4S2. The summed E-state index contributed by atoms with van der Waals surface area (Å²) in [5, 5.41) is 10.2. The van der Waals surface area contributed by atoms with Gasteiger partial charge in [-0.3, -0.25) is 4.99 Å². The molecule has 1 aromatic heterocycles. The quantitative estimate of drug-likeness (QED) is 0.479. The monoisotopic (exact) mass is 326 g/mol. The molecule has 6 heteroatoms. The van der Waals surface area contributed by atoms with Crippen LogP contribution in [-0.2, 0) is 6.42 Å². The summed E-state index contributed by atoms with van der Waals surface area (Å²) in [5.41, 5.74) is 1.13. The second kappa shape index (κ2) is 8.03. The molecule has 0 aliphatic carbocycles. The molecule has 0 spiro atoms. The highest BCUT2D eigenvalue weighted by atomic mass is 32.2. The van der Waals surface area contributed by atoms with Gasteiger partial charge in [0, 0.05) is 42.4 Å². The summed E-state index contributed by atoms with van der Waals surface area (Å²) in [6.07, 6.45) is 4.75. The van der Waals surface area contributed by atoms with Crippen molar-refractivity contribution in [3.63, 3.8) is 0 Å². The maximum Gasteiger partial charge on any atom is 0.191 e. The van der Waals surface area contributed by atoms with E-state index >= 15 is 0 Å². The van der Waals surface area contributed by atoms with Crippen LogP contribution in [0.25, 0.3) is 0 Å². The molecular weight excluding hydrogens is 300 g/mol. The van der Waals surface area contributed by atoms with E-state index in [9.17, 15) is 0 Å². The van der Waals surface area contributed by atoms with Crippen molar-refractivity contribution in [2.75, 3.05) is 25.9 Å². The number of thiazole rings is 1. The Morgan fingerprint density at radius 3 is 2.95 bits per heavy atom. The highest BCUT2D eigenvalue weighted by Gasteiger charge is 2.29. The van der Waals surface area contributed by atoms with E-state index in [-0.39, 0.29) is 0 Å². The van der Waals surface area contributed by atoms with E-state index in [1.54, 1.807) is 11.3 Å². The van der Waals surface area contributed by atoms with Gasteiger partial charge in [0.25, 0.3) is 0 Å². The number of aryl methyl sites for hydroxylation is 2. The number of hydrogen-bond acceptors (Lipinski definition) is 4. The normalized spacial score (nSPS) is 22.5. The van der Waals surface area contributed by atoms with Gasteiger partial charge in [0.2, 0.25) is 0 Å². The van der Waals surface area contributed by atoms with E-state index in [1.165, 1.54) is 23.6 Å². The molecule has 1 aliphatic heterocycles. The maximum atomic E-state index is 4.49. The number of nitrogens with zero attached hydrogens (tertiary/aromatic N) is 2. The van der Waals surface area contributed by atoms with Gasteiger partial charge in [0.15, 0.2) is 5.96 Å². The fourth-order valence-electron chi connectivity index (χ4n) is 2.43. The van der Waals surface area contributed by atoms with E-state index in [0.29, 0.717) is 4.75 Å². The first kappa shape index (κ1) is 16.6. The molecule has 1 fully saturated rings. The fraction of sp³-hybridized carbons (Fsp3) is 0.733. The highest BCUT2D eigenvalue weighted by Crippen LogP contribution is 2.36. The summed E-state index contributed by atoms with van der Waals surface area (Å²) in [5.74, 6) is 2.20. The van der Waals surface area contributed by atoms with Gasteiger partial charge in [0.05, 0.1) is 5.01 Å². The standard InChI is InChI=1S/C15H26N4S2/c1-12-10-20-13(19-12)6-4-8-17-14(16-3)18-11-15(2)7-5-9-21-15/h10H,4-9,11H2,1-3H3,(H2,16,17,18). The molecule has 21 heavy (non-hydrogen) atoms. The summed E-state index contributed by atoms with van der Waals surface area (Å²) >= 11 is 3.83. The van der Waals surface area contributed by atoms with Gasteiger partial charge in [0.1, 0.15) is 0 Å². The fourth-order valence-corrected chi connectivity index (χ4v) is 4.49. The Morgan fingerprint density at radius 2 is 2.33 bits per heavy atom. The molecule has 118 valence electrons. The number of aromatic nitrogens is 1. The molecule has 1 saturated heterocycles. The van der Waals surface area contributed by atoms with E-state index in [1.807, 2.05) is 14.0 Å². The topological polar surface area (TPSA) is 49.3 Å². The summed E-state index contributed by atoms with van der Waals surface area (Å²) in [6, 6.07) is 0. The lowest BCUT2D eigenvalue weighted by atomic mass is 10.1. The lowest BCUT2D eigenvalue weighted by Crippen LogP contribution is -2.43. The number of aliphatic imine (C=N–C) groups is 1. The van der Waals surface area contributed by atoms with Gasteiger partial charge in [-0.1, -0.05) is 0 Å². The van der Waals surface area contributed by atoms with Gasteiger partial charge < -0.3 is 10.6 Å². The minimum Gasteiger partial charge on any atom is -0.356 e. The summed E-state index contributed by atoms with van der Waals surface area (Å²) in [6.45, 7) is 6.31. The van der Waals surface area contributed by atoms with Gasteiger partial charge in [-0.05, 0) is 38.9 Å². The van der Waals surface area contributed by atoms with Crippen LogP contribution in [0.15, 0.2) is 10.4 Å². The van der Waals surface area contributed by atoms with Crippen LogP contribution in [0.2, 0.25) is 0 Å². The van der Waals surface area contributed by atoms with Crippen molar-refractivity contribution in [3.8, 4) is 0 Å². The molecule has 0 bridgehead atoms. The zero-order valence-electron chi connectivity index (χ0n) is 13.2. The van der Waals surface area contributed by atoms with E-state index in [2.05, 4.69) is 44.7 Å². The van der Waals surface area contributed by atoms with Crippen LogP contribution < -0.4 is 10.6 Å². The molecule has 2 rings (SSSR count). The first-order chi connectivity index (χ1) is 10.1. The zero-order chi connectivity index (χ0) is 15.1. The third kappa shape index (κ3) is 5.51. The number of hydrogen-bond donors (Lipinski definition) is 2. The van der Waals surface area contributed by atoms with Crippen molar-refractivity contribution in [1.82, 2.24) is 15.6 Å².